The van der Waals surface area contributed by atoms with Crippen molar-refractivity contribution in [2.45, 2.75) is 45.2 Å². The van der Waals surface area contributed by atoms with Crippen LogP contribution in [0.3, 0.4) is 0 Å². The van der Waals surface area contributed by atoms with Gasteiger partial charge in [0.25, 0.3) is 0 Å². The van der Waals surface area contributed by atoms with E-state index in [-0.39, 0.29) is 18.8 Å². The summed E-state index contributed by atoms with van der Waals surface area (Å²) in [6.07, 6.45) is 2.39. The van der Waals surface area contributed by atoms with Gasteiger partial charge in [0.15, 0.2) is 12.6 Å². The predicted molar refractivity (Wildman–Crippen MR) is 51.5 cm³/mol. The zero-order valence-corrected chi connectivity index (χ0v) is 8.69. The maximum Gasteiger partial charge on any atom is 0.160 e. The summed E-state index contributed by atoms with van der Waals surface area (Å²) in [4.78, 5) is 0. The summed E-state index contributed by atoms with van der Waals surface area (Å²) in [6, 6.07) is 0. The minimum absolute atomic E-state index is 0.0635. The Kier molecular flexibility index (Phi) is 5.40. The van der Waals surface area contributed by atoms with Crippen LogP contribution in [0.2, 0.25) is 0 Å². The van der Waals surface area contributed by atoms with Crippen LogP contribution < -0.4 is 0 Å². The van der Waals surface area contributed by atoms with Crippen LogP contribution in [-0.4, -0.2) is 36.0 Å². The van der Waals surface area contributed by atoms with Gasteiger partial charge in [-0.15, -0.1) is 0 Å². The Labute approximate surface area is 84.8 Å². The summed E-state index contributed by atoms with van der Waals surface area (Å²) in [5, 5.41) is 18.3. The highest BCUT2D eigenvalue weighted by Crippen LogP contribution is 2.17. The first-order valence-electron chi connectivity index (χ1n) is 5.28. The Morgan fingerprint density at radius 2 is 2.29 bits per heavy atom. The lowest BCUT2D eigenvalue weighted by Gasteiger charge is -2.26. The van der Waals surface area contributed by atoms with Crippen LogP contribution in [0.5, 0.6) is 0 Å². The predicted octanol–water partition coefficient (Wildman–Crippen LogP) is 0.866. The fourth-order valence-electron chi connectivity index (χ4n) is 1.47. The fraction of sp³-hybridized carbons (Fsp3) is 1.00. The highest BCUT2D eigenvalue weighted by molar-refractivity contribution is 4.57. The molecule has 2 N–H and O–H groups in total. The molecule has 0 saturated carbocycles. The third kappa shape index (κ3) is 4.37. The van der Waals surface area contributed by atoms with Gasteiger partial charge in [-0.3, -0.25) is 0 Å². The molecule has 3 atom stereocenters. The van der Waals surface area contributed by atoms with Crippen LogP contribution >= 0.6 is 0 Å². The van der Waals surface area contributed by atoms with Gasteiger partial charge in [-0.1, -0.05) is 6.92 Å². The van der Waals surface area contributed by atoms with Crippen molar-refractivity contribution in [3.05, 3.63) is 0 Å². The Bertz CT molecular complexity index is 145. The fourth-order valence-corrected chi connectivity index (χ4v) is 1.47. The van der Waals surface area contributed by atoms with Gasteiger partial charge in [0.2, 0.25) is 0 Å². The molecule has 0 radical (unpaired) electrons. The number of aliphatic hydroxyl groups excluding tert-OH is 2. The third-order valence-corrected chi connectivity index (χ3v) is 2.36. The number of rotatable bonds is 5. The van der Waals surface area contributed by atoms with E-state index in [1.807, 2.05) is 6.92 Å². The maximum atomic E-state index is 9.49. The van der Waals surface area contributed by atoms with Crippen molar-refractivity contribution < 1.29 is 19.7 Å². The maximum absolute atomic E-state index is 9.49. The second kappa shape index (κ2) is 6.35. The molecule has 0 aromatic carbocycles. The largest absolute Gasteiger partial charge is 0.396 e. The summed E-state index contributed by atoms with van der Waals surface area (Å²) in [7, 11) is 0. The molecule has 0 bridgehead atoms. The van der Waals surface area contributed by atoms with E-state index < -0.39 is 6.29 Å². The van der Waals surface area contributed by atoms with Crippen molar-refractivity contribution in [3.8, 4) is 0 Å². The van der Waals surface area contributed by atoms with Gasteiger partial charge in [-0.25, -0.2) is 0 Å². The molecule has 0 aliphatic carbocycles. The molecule has 1 rings (SSSR count). The van der Waals surface area contributed by atoms with Gasteiger partial charge in [0.1, 0.15) is 0 Å². The normalized spacial score (nSPS) is 27.2. The summed E-state index contributed by atoms with van der Waals surface area (Å²) in [5.41, 5.74) is 0. The van der Waals surface area contributed by atoms with Crippen molar-refractivity contribution in [1.29, 1.82) is 0 Å². The van der Waals surface area contributed by atoms with Gasteiger partial charge in [0, 0.05) is 19.6 Å². The molecule has 1 saturated heterocycles. The second-order valence-electron chi connectivity index (χ2n) is 3.91. The SMILES string of the molecule is C[C@H](CO)C[C@@H](O)OC1CCCCO1. The summed E-state index contributed by atoms with van der Waals surface area (Å²) in [6.45, 7) is 2.66. The van der Waals surface area contributed by atoms with Gasteiger partial charge in [0.05, 0.1) is 0 Å². The molecule has 0 aromatic rings. The van der Waals surface area contributed by atoms with Crippen LogP contribution in [0.4, 0.5) is 0 Å². The van der Waals surface area contributed by atoms with Crippen molar-refractivity contribution in [3.63, 3.8) is 0 Å². The highest BCUT2D eigenvalue weighted by atomic mass is 16.7. The summed E-state index contributed by atoms with van der Waals surface area (Å²) >= 11 is 0. The summed E-state index contributed by atoms with van der Waals surface area (Å²) in [5.74, 6) is 0.0635. The second-order valence-corrected chi connectivity index (χ2v) is 3.91. The van der Waals surface area contributed by atoms with E-state index in [1.54, 1.807) is 0 Å². The summed E-state index contributed by atoms with van der Waals surface area (Å²) < 4.78 is 10.6. The smallest absolute Gasteiger partial charge is 0.160 e. The van der Waals surface area contributed by atoms with Crippen LogP contribution in [0.1, 0.15) is 32.6 Å². The topological polar surface area (TPSA) is 58.9 Å². The Hall–Kier alpha value is -0.160. The molecule has 0 amide bonds. The average Bonchev–Trinajstić information content (AvgIpc) is 2.19. The molecule has 1 aliphatic heterocycles. The van der Waals surface area contributed by atoms with Crippen molar-refractivity contribution >= 4 is 0 Å². The van der Waals surface area contributed by atoms with Crippen molar-refractivity contribution in [2.75, 3.05) is 13.2 Å². The van der Waals surface area contributed by atoms with Gasteiger partial charge in [-0.2, -0.15) is 0 Å². The monoisotopic (exact) mass is 204 g/mol. The van der Waals surface area contributed by atoms with E-state index in [1.165, 1.54) is 0 Å². The molecule has 1 unspecified atom stereocenters. The quantitative estimate of drug-likeness (QED) is 0.652. The first kappa shape index (κ1) is 11.9. The van der Waals surface area contributed by atoms with E-state index in [9.17, 15) is 5.11 Å². The number of hydrogen-bond acceptors (Lipinski definition) is 4. The first-order valence-corrected chi connectivity index (χ1v) is 5.28. The molecular formula is C10H20O4. The molecular weight excluding hydrogens is 184 g/mol. The molecule has 1 aliphatic rings. The van der Waals surface area contributed by atoms with Crippen LogP contribution in [0, 0.1) is 5.92 Å². The standard InChI is InChI=1S/C10H20O4/c1-8(7-11)6-9(12)14-10-4-2-3-5-13-10/h8-12H,2-7H2,1H3/t8-,9-,10?/m0/s1. The van der Waals surface area contributed by atoms with E-state index in [0.717, 1.165) is 19.3 Å². The molecule has 4 heteroatoms. The van der Waals surface area contributed by atoms with E-state index in [4.69, 9.17) is 14.6 Å². The molecule has 1 fully saturated rings. The minimum atomic E-state index is -0.819. The third-order valence-electron chi connectivity index (χ3n) is 2.36. The number of hydrogen-bond donors (Lipinski definition) is 2. The van der Waals surface area contributed by atoms with Crippen LogP contribution in [0.15, 0.2) is 0 Å². The van der Waals surface area contributed by atoms with Crippen LogP contribution in [0.25, 0.3) is 0 Å². The van der Waals surface area contributed by atoms with Gasteiger partial charge in [-0.05, 0) is 25.2 Å². The molecule has 4 nitrogen and oxygen atoms in total. The van der Waals surface area contributed by atoms with Crippen LogP contribution in [-0.2, 0) is 9.47 Å². The zero-order valence-electron chi connectivity index (χ0n) is 8.69. The van der Waals surface area contributed by atoms with Crippen molar-refractivity contribution in [2.24, 2.45) is 5.92 Å². The molecule has 14 heavy (non-hydrogen) atoms. The zero-order chi connectivity index (χ0) is 10.4. The Morgan fingerprint density at radius 3 is 2.86 bits per heavy atom. The lowest BCUT2D eigenvalue weighted by molar-refractivity contribution is -0.244. The molecule has 84 valence electrons. The Morgan fingerprint density at radius 1 is 1.50 bits per heavy atom. The lowest BCUT2D eigenvalue weighted by atomic mass is 10.1. The Balaban J connectivity index is 2.14. The number of aliphatic hydroxyl groups is 2. The molecule has 0 aromatic heterocycles. The average molecular weight is 204 g/mol. The minimum Gasteiger partial charge on any atom is -0.396 e. The molecule has 0 spiro atoms. The number of ether oxygens (including phenoxy) is 2. The van der Waals surface area contributed by atoms with E-state index in [0.29, 0.717) is 13.0 Å². The lowest BCUT2D eigenvalue weighted by Crippen LogP contribution is -2.29. The van der Waals surface area contributed by atoms with Crippen molar-refractivity contribution in [1.82, 2.24) is 0 Å². The molecule has 1 heterocycles. The van der Waals surface area contributed by atoms with Gasteiger partial charge >= 0.3 is 0 Å². The van der Waals surface area contributed by atoms with E-state index >= 15 is 0 Å². The van der Waals surface area contributed by atoms with E-state index in [2.05, 4.69) is 0 Å². The highest BCUT2D eigenvalue weighted by Gasteiger charge is 2.19. The van der Waals surface area contributed by atoms with Gasteiger partial charge < -0.3 is 19.7 Å². The first-order chi connectivity index (χ1) is 6.72.